The van der Waals surface area contributed by atoms with E-state index in [0.717, 1.165) is 5.56 Å². The number of rotatable bonds is 13. The maximum Gasteiger partial charge on any atom is 0.326 e. The number of aliphatic carboxylic acids is 1. The Morgan fingerprint density at radius 2 is 1.74 bits per heavy atom. The summed E-state index contributed by atoms with van der Waals surface area (Å²) in [6, 6.07) is 6.02. The molecule has 3 atom stereocenters. The van der Waals surface area contributed by atoms with Crippen LogP contribution >= 0.6 is 0 Å². The van der Waals surface area contributed by atoms with Crippen molar-refractivity contribution in [2.75, 3.05) is 6.54 Å². The molecule has 2 rings (SSSR count). The van der Waals surface area contributed by atoms with Crippen LogP contribution in [-0.4, -0.2) is 63.4 Å². The second kappa shape index (κ2) is 13.1. The van der Waals surface area contributed by atoms with Crippen molar-refractivity contribution in [3.63, 3.8) is 0 Å². The predicted octanol–water partition coefficient (Wildman–Crippen LogP) is -0.261. The average Bonchev–Trinajstić information content (AvgIpc) is 3.29. The van der Waals surface area contributed by atoms with Gasteiger partial charge in [-0.1, -0.05) is 44.2 Å². The van der Waals surface area contributed by atoms with Crippen LogP contribution in [0.2, 0.25) is 0 Å². The molecule has 0 aliphatic heterocycles. The van der Waals surface area contributed by atoms with Gasteiger partial charge in [-0.25, -0.2) is 9.78 Å². The molecule has 0 saturated carbocycles. The lowest BCUT2D eigenvalue weighted by molar-refractivity contribution is -0.142. The third kappa shape index (κ3) is 9.02. The number of benzene rings is 1. The molecule has 0 bridgehead atoms. The number of nitrogens with two attached hydrogens (primary N) is 1. The molecule has 0 aliphatic rings. The minimum atomic E-state index is -1.15. The number of imidazole rings is 1. The number of H-pyrrole nitrogens is 1. The molecule has 34 heavy (non-hydrogen) atoms. The Kier molecular flexibility index (Phi) is 10.2. The lowest BCUT2D eigenvalue weighted by Gasteiger charge is -2.23. The molecular formula is C23H32N6O5. The van der Waals surface area contributed by atoms with Crippen molar-refractivity contribution in [1.82, 2.24) is 25.9 Å². The van der Waals surface area contributed by atoms with Crippen molar-refractivity contribution in [2.45, 2.75) is 51.2 Å². The highest BCUT2D eigenvalue weighted by Gasteiger charge is 2.27. The van der Waals surface area contributed by atoms with Gasteiger partial charge in [0.15, 0.2) is 0 Å². The normalized spacial score (nSPS) is 13.5. The van der Waals surface area contributed by atoms with Gasteiger partial charge in [0.05, 0.1) is 18.9 Å². The summed E-state index contributed by atoms with van der Waals surface area (Å²) in [5.41, 5.74) is 7.32. The first kappa shape index (κ1) is 26.5. The van der Waals surface area contributed by atoms with E-state index in [1.54, 1.807) is 30.5 Å². The van der Waals surface area contributed by atoms with Crippen molar-refractivity contribution in [2.24, 2.45) is 11.7 Å². The second-order valence-electron chi connectivity index (χ2n) is 8.44. The van der Waals surface area contributed by atoms with E-state index in [1.165, 1.54) is 6.33 Å². The van der Waals surface area contributed by atoms with E-state index in [1.807, 2.05) is 19.9 Å². The standard InChI is InChI=1S/C23H32N6O5/c1-14(2)8-19(23(33)34)29-22(32)18(9-15-6-4-3-5-7-15)28-20(30)12-26-21(31)17(24)10-16-11-25-13-27-16/h3-7,11,13-14,17-19H,8-10,12,24H2,1-2H3,(H,25,27)(H,26,31)(H,28,30)(H,29,32)(H,33,34). The highest BCUT2D eigenvalue weighted by atomic mass is 16.4. The van der Waals surface area contributed by atoms with Crippen LogP contribution in [0, 0.1) is 5.92 Å². The molecule has 11 nitrogen and oxygen atoms in total. The smallest absolute Gasteiger partial charge is 0.326 e. The monoisotopic (exact) mass is 472 g/mol. The van der Waals surface area contributed by atoms with Gasteiger partial charge in [-0.15, -0.1) is 0 Å². The molecule has 1 aromatic heterocycles. The Labute approximate surface area is 197 Å². The zero-order valence-corrected chi connectivity index (χ0v) is 19.3. The first-order chi connectivity index (χ1) is 16.2. The van der Waals surface area contributed by atoms with Gasteiger partial charge >= 0.3 is 5.97 Å². The number of carboxylic acid groups (broad SMARTS) is 1. The lowest BCUT2D eigenvalue weighted by atomic mass is 10.0. The SMILES string of the molecule is CC(C)CC(NC(=O)C(Cc1ccccc1)NC(=O)CNC(=O)C(N)Cc1cnc[nH]1)C(=O)O. The fourth-order valence-corrected chi connectivity index (χ4v) is 3.29. The van der Waals surface area contributed by atoms with E-state index in [9.17, 15) is 24.3 Å². The van der Waals surface area contributed by atoms with E-state index in [0.29, 0.717) is 5.69 Å². The summed E-state index contributed by atoms with van der Waals surface area (Å²) in [4.78, 5) is 55.9. The number of aromatic amines is 1. The lowest BCUT2D eigenvalue weighted by Crippen LogP contribution is -2.54. The van der Waals surface area contributed by atoms with E-state index in [-0.39, 0.29) is 31.7 Å². The number of carbonyl (C=O) groups is 4. The minimum absolute atomic E-state index is 0.0461. The zero-order valence-electron chi connectivity index (χ0n) is 19.3. The van der Waals surface area contributed by atoms with Crippen LogP contribution in [0.1, 0.15) is 31.5 Å². The topological polar surface area (TPSA) is 179 Å². The van der Waals surface area contributed by atoms with Crippen LogP contribution in [0.25, 0.3) is 0 Å². The van der Waals surface area contributed by atoms with Gasteiger partial charge in [-0.2, -0.15) is 0 Å². The molecule has 0 radical (unpaired) electrons. The third-order valence-corrected chi connectivity index (χ3v) is 5.01. The average molecular weight is 473 g/mol. The summed E-state index contributed by atoms with van der Waals surface area (Å²) in [6.45, 7) is 3.32. The van der Waals surface area contributed by atoms with Crippen LogP contribution in [0.4, 0.5) is 0 Å². The van der Waals surface area contributed by atoms with Crippen LogP contribution in [0.5, 0.6) is 0 Å². The van der Waals surface area contributed by atoms with Crippen molar-refractivity contribution in [1.29, 1.82) is 0 Å². The molecule has 7 N–H and O–H groups in total. The summed E-state index contributed by atoms with van der Waals surface area (Å²) in [6.07, 6.45) is 3.65. The Bertz CT molecular complexity index is 948. The Morgan fingerprint density at radius 1 is 1.03 bits per heavy atom. The molecule has 0 saturated heterocycles. The molecule has 1 heterocycles. The Morgan fingerprint density at radius 3 is 2.32 bits per heavy atom. The van der Waals surface area contributed by atoms with Gasteiger partial charge in [0.1, 0.15) is 12.1 Å². The van der Waals surface area contributed by atoms with Gasteiger partial charge in [0.2, 0.25) is 17.7 Å². The molecule has 1 aromatic carbocycles. The number of amides is 3. The quantitative estimate of drug-likeness (QED) is 0.232. The summed E-state index contributed by atoms with van der Waals surface area (Å²) in [5.74, 6) is -2.85. The number of nitrogens with zero attached hydrogens (tertiary/aromatic N) is 1. The summed E-state index contributed by atoms with van der Waals surface area (Å²) in [7, 11) is 0. The Balaban J connectivity index is 1.99. The highest BCUT2D eigenvalue weighted by molar-refractivity contribution is 5.92. The van der Waals surface area contributed by atoms with Crippen LogP contribution in [-0.2, 0) is 32.0 Å². The predicted molar refractivity (Wildman–Crippen MR) is 124 cm³/mol. The maximum absolute atomic E-state index is 12.9. The van der Waals surface area contributed by atoms with Gasteiger partial charge in [0.25, 0.3) is 0 Å². The molecule has 3 amide bonds. The van der Waals surface area contributed by atoms with Crippen LogP contribution in [0.3, 0.4) is 0 Å². The van der Waals surface area contributed by atoms with Gasteiger partial charge in [-0.3, -0.25) is 14.4 Å². The molecule has 184 valence electrons. The fraction of sp³-hybridized carbons (Fsp3) is 0.435. The van der Waals surface area contributed by atoms with E-state index in [2.05, 4.69) is 25.9 Å². The number of carbonyl (C=O) groups excluding carboxylic acids is 3. The van der Waals surface area contributed by atoms with Gasteiger partial charge in [0, 0.05) is 24.7 Å². The first-order valence-electron chi connectivity index (χ1n) is 11.0. The number of aromatic nitrogens is 2. The van der Waals surface area contributed by atoms with E-state index < -0.39 is 41.8 Å². The van der Waals surface area contributed by atoms with Crippen molar-refractivity contribution in [3.8, 4) is 0 Å². The number of hydrogen-bond acceptors (Lipinski definition) is 6. The third-order valence-electron chi connectivity index (χ3n) is 5.01. The molecule has 0 fully saturated rings. The van der Waals surface area contributed by atoms with E-state index in [4.69, 9.17) is 5.73 Å². The van der Waals surface area contributed by atoms with E-state index >= 15 is 0 Å². The fourth-order valence-electron chi connectivity index (χ4n) is 3.29. The van der Waals surface area contributed by atoms with Crippen LogP contribution in [0.15, 0.2) is 42.9 Å². The second-order valence-corrected chi connectivity index (χ2v) is 8.44. The molecule has 3 unspecified atom stereocenters. The summed E-state index contributed by atoms with van der Waals surface area (Å²) < 4.78 is 0. The van der Waals surface area contributed by atoms with Crippen molar-refractivity contribution in [3.05, 3.63) is 54.1 Å². The van der Waals surface area contributed by atoms with Crippen LogP contribution < -0.4 is 21.7 Å². The number of nitrogens with one attached hydrogen (secondary N) is 4. The number of hydrogen-bond donors (Lipinski definition) is 6. The van der Waals surface area contributed by atoms with Crippen molar-refractivity contribution >= 4 is 23.7 Å². The zero-order chi connectivity index (χ0) is 25.1. The first-order valence-corrected chi connectivity index (χ1v) is 11.0. The summed E-state index contributed by atoms with van der Waals surface area (Å²) in [5, 5.41) is 17.0. The summed E-state index contributed by atoms with van der Waals surface area (Å²) >= 11 is 0. The highest BCUT2D eigenvalue weighted by Crippen LogP contribution is 2.08. The molecular weight excluding hydrogens is 440 g/mol. The number of carboxylic acids is 1. The molecule has 0 spiro atoms. The Hall–Kier alpha value is -3.73. The minimum Gasteiger partial charge on any atom is -0.480 e. The maximum atomic E-state index is 12.9. The van der Waals surface area contributed by atoms with Gasteiger partial charge < -0.3 is 31.8 Å². The molecule has 11 heteroatoms. The van der Waals surface area contributed by atoms with Gasteiger partial charge in [-0.05, 0) is 17.9 Å². The molecule has 2 aromatic rings. The largest absolute Gasteiger partial charge is 0.480 e. The van der Waals surface area contributed by atoms with Crippen molar-refractivity contribution < 1.29 is 24.3 Å². The molecule has 0 aliphatic carbocycles.